The number of halogens is 1. The Bertz CT molecular complexity index is 664. The van der Waals surface area contributed by atoms with Gasteiger partial charge >= 0.3 is 0 Å². The van der Waals surface area contributed by atoms with E-state index in [1.807, 2.05) is 18.7 Å². The summed E-state index contributed by atoms with van der Waals surface area (Å²) < 4.78 is 5.73. The monoisotopic (exact) mass is 407 g/mol. The molecular formula is C21H30ClN3O3. The first-order chi connectivity index (χ1) is 13.4. The van der Waals surface area contributed by atoms with E-state index in [4.69, 9.17) is 16.3 Å². The van der Waals surface area contributed by atoms with Crippen LogP contribution in [-0.4, -0.2) is 66.5 Å². The Hall–Kier alpha value is -1.63. The van der Waals surface area contributed by atoms with Crippen LogP contribution in [0.25, 0.3) is 0 Å². The van der Waals surface area contributed by atoms with Crippen LogP contribution in [0.15, 0.2) is 24.3 Å². The zero-order chi connectivity index (χ0) is 20.1. The molecule has 2 atom stereocenters. The van der Waals surface area contributed by atoms with Crippen molar-refractivity contribution >= 4 is 29.1 Å². The zero-order valence-corrected chi connectivity index (χ0v) is 17.5. The summed E-state index contributed by atoms with van der Waals surface area (Å²) in [7, 11) is 0. The van der Waals surface area contributed by atoms with Gasteiger partial charge in [0.25, 0.3) is 0 Å². The molecule has 1 aromatic rings. The number of likely N-dealkylation sites (tertiary alicyclic amines) is 1. The van der Waals surface area contributed by atoms with Gasteiger partial charge in [-0.3, -0.25) is 9.59 Å². The van der Waals surface area contributed by atoms with Crippen LogP contribution >= 0.6 is 11.6 Å². The molecule has 1 N–H and O–H groups in total. The summed E-state index contributed by atoms with van der Waals surface area (Å²) in [6.45, 7) is 7.86. The second-order valence-electron chi connectivity index (χ2n) is 7.92. The number of hydrogen-bond acceptors (Lipinski definition) is 4. The Balaban J connectivity index is 1.38. The van der Waals surface area contributed by atoms with Crippen LogP contribution in [0, 0.1) is 5.92 Å². The number of piperidine rings is 1. The predicted octanol–water partition coefficient (Wildman–Crippen LogP) is 3.02. The van der Waals surface area contributed by atoms with E-state index >= 15 is 0 Å². The number of benzene rings is 1. The first kappa shape index (κ1) is 21.1. The topological polar surface area (TPSA) is 61.9 Å². The number of hydrogen-bond donors (Lipinski definition) is 1. The maximum Gasteiger partial charge on any atom is 0.225 e. The van der Waals surface area contributed by atoms with Crippen LogP contribution in [0.3, 0.4) is 0 Å². The molecule has 2 unspecified atom stereocenters. The molecule has 7 heteroatoms. The summed E-state index contributed by atoms with van der Waals surface area (Å²) in [5.74, 6) is 0.357. The smallest absolute Gasteiger partial charge is 0.225 e. The Morgan fingerprint density at radius 3 is 2.32 bits per heavy atom. The lowest BCUT2D eigenvalue weighted by atomic mass is 9.94. The van der Waals surface area contributed by atoms with Crippen molar-refractivity contribution in [2.24, 2.45) is 5.92 Å². The molecule has 0 spiro atoms. The van der Waals surface area contributed by atoms with E-state index in [-0.39, 0.29) is 29.9 Å². The number of anilines is 1. The van der Waals surface area contributed by atoms with Gasteiger partial charge in [0, 0.05) is 42.7 Å². The zero-order valence-electron chi connectivity index (χ0n) is 16.7. The Morgan fingerprint density at radius 1 is 1.11 bits per heavy atom. The van der Waals surface area contributed by atoms with E-state index in [0.717, 1.165) is 31.6 Å². The molecule has 0 aliphatic carbocycles. The van der Waals surface area contributed by atoms with E-state index < -0.39 is 0 Å². The van der Waals surface area contributed by atoms with Gasteiger partial charge in [0.15, 0.2) is 0 Å². The van der Waals surface area contributed by atoms with Crippen molar-refractivity contribution in [3.05, 3.63) is 29.3 Å². The molecule has 2 amide bonds. The Kier molecular flexibility index (Phi) is 7.32. The largest absolute Gasteiger partial charge is 0.372 e. The number of carbonyl (C=O) groups is 2. The normalized spacial score (nSPS) is 24.2. The molecule has 2 aliphatic heterocycles. The lowest BCUT2D eigenvalue weighted by molar-refractivity contribution is -0.149. The quantitative estimate of drug-likeness (QED) is 0.815. The molecule has 2 aliphatic rings. The predicted molar refractivity (Wildman–Crippen MR) is 110 cm³/mol. The Labute approximate surface area is 172 Å². The number of ether oxygens (including phenoxy) is 1. The number of amides is 2. The van der Waals surface area contributed by atoms with Gasteiger partial charge in [-0.15, -0.1) is 0 Å². The number of morpholine rings is 1. The minimum atomic E-state index is -0.00295. The van der Waals surface area contributed by atoms with Gasteiger partial charge in [0.05, 0.1) is 12.2 Å². The van der Waals surface area contributed by atoms with Crippen molar-refractivity contribution in [1.82, 2.24) is 9.80 Å². The average Bonchev–Trinajstić information content (AvgIpc) is 2.67. The average molecular weight is 408 g/mol. The van der Waals surface area contributed by atoms with Crippen LogP contribution in [0.1, 0.15) is 33.1 Å². The summed E-state index contributed by atoms with van der Waals surface area (Å²) >= 11 is 5.86. The highest BCUT2D eigenvalue weighted by molar-refractivity contribution is 6.30. The Morgan fingerprint density at radius 2 is 1.71 bits per heavy atom. The summed E-state index contributed by atoms with van der Waals surface area (Å²) in [6.07, 6.45) is 2.37. The molecular weight excluding hydrogens is 378 g/mol. The van der Waals surface area contributed by atoms with E-state index in [2.05, 4.69) is 10.2 Å². The van der Waals surface area contributed by atoms with Crippen molar-refractivity contribution in [2.45, 2.75) is 45.3 Å². The van der Waals surface area contributed by atoms with Gasteiger partial charge in [-0.2, -0.15) is 0 Å². The van der Waals surface area contributed by atoms with E-state index in [9.17, 15) is 9.59 Å². The fourth-order valence-corrected chi connectivity index (χ4v) is 4.16. The molecule has 0 aromatic heterocycles. The van der Waals surface area contributed by atoms with Crippen LogP contribution in [0.2, 0.25) is 5.02 Å². The molecule has 0 saturated carbocycles. The second-order valence-corrected chi connectivity index (χ2v) is 8.36. The van der Waals surface area contributed by atoms with Crippen molar-refractivity contribution in [3.63, 3.8) is 0 Å². The highest BCUT2D eigenvalue weighted by Crippen LogP contribution is 2.22. The van der Waals surface area contributed by atoms with Crippen LogP contribution < -0.4 is 5.32 Å². The summed E-state index contributed by atoms with van der Waals surface area (Å²) in [5, 5.41) is 3.54. The minimum Gasteiger partial charge on any atom is -0.372 e. The molecule has 2 saturated heterocycles. The number of rotatable bonds is 5. The van der Waals surface area contributed by atoms with Crippen LogP contribution in [0.5, 0.6) is 0 Å². The standard InChI is InChI=1S/C21H30ClN3O3/c1-15-13-25(14-16(2)28-15)21(27)17-7-10-24(11-8-17)12-9-20(26)23-19-5-3-18(22)4-6-19/h3-6,15-17H,7-14H2,1-2H3,(H,23,26). The number of carbonyl (C=O) groups excluding carboxylic acids is 2. The van der Waals surface area contributed by atoms with Gasteiger partial charge in [-0.25, -0.2) is 0 Å². The van der Waals surface area contributed by atoms with Crippen molar-refractivity contribution in [2.75, 3.05) is 38.0 Å². The third-order valence-corrected chi connectivity index (χ3v) is 5.70. The first-order valence-corrected chi connectivity index (χ1v) is 10.5. The van der Waals surface area contributed by atoms with Gasteiger partial charge < -0.3 is 19.9 Å². The first-order valence-electron chi connectivity index (χ1n) is 10.1. The van der Waals surface area contributed by atoms with Gasteiger partial charge in [0.1, 0.15) is 0 Å². The van der Waals surface area contributed by atoms with Crippen molar-refractivity contribution < 1.29 is 14.3 Å². The maximum absolute atomic E-state index is 12.8. The second kappa shape index (κ2) is 9.72. The summed E-state index contributed by atoms with van der Waals surface area (Å²) in [4.78, 5) is 29.2. The molecule has 6 nitrogen and oxygen atoms in total. The van der Waals surface area contributed by atoms with Crippen molar-refractivity contribution in [3.8, 4) is 0 Å². The number of nitrogens with one attached hydrogen (secondary N) is 1. The molecule has 2 fully saturated rings. The van der Waals surface area contributed by atoms with Gasteiger partial charge in [-0.05, 0) is 64.0 Å². The molecule has 0 bridgehead atoms. The lowest BCUT2D eigenvalue weighted by Gasteiger charge is -2.39. The molecule has 2 heterocycles. The van der Waals surface area contributed by atoms with E-state index in [1.165, 1.54) is 0 Å². The highest BCUT2D eigenvalue weighted by Gasteiger charge is 2.32. The number of nitrogens with zero attached hydrogens (tertiary/aromatic N) is 2. The van der Waals surface area contributed by atoms with Gasteiger partial charge in [0.2, 0.25) is 11.8 Å². The summed E-state index contributed by atoms with van der Waals surface area (Å²) in [5.41, 5.74) is 0.757. The van der Waals surface area contributed by atoms with Gasteiger partial charge in [-0.1, -0.05) is 11.6 Å². The fourth-order valence-electron chi connectivity index (χ4n) is 4.04. The molecule has 154 valence electrons. The van der Waals surface area contributed by atoms with E-state index in [1.54, 1.807) is 24.3 Å². The highest BCUT2D eigenvalue weighted by atomic mass is 35.5. The minimum absolute atomic E-state index is 0.00295. The van der Waals surface area contributed by atoms with Crippen molar-refractivity contribution in [1.29, 1.82) is 0 Å². The third-order valence-electron chi connectivity index (χ3n) is 5.45. The maximum atomic E-state index is 12.8. The third kappa shape index (κ3) is 5.93. The van der Waals surface area contributed by atoms with Crippen LogP contribution in [-0.2, 0) is 14.3 Å². The SMILES string of the molecule is CC1CN(C(=O)C2CCN(CCC(=O)Nc3ccc(Cl)cc3)CC2)CC(C)O1. The molecule has 3 rings (SSSR count). The molecule has 0 radical (unpaired) electrons. The summed E-state index contributed by atoms with van der Waals surface area (Å²) in [6, 6.07) is 7.11. The lowest BCUT2D eigenvalue weighted by Crippen LogP contribution is -2.51. The van der Waals surface area contributed by atoms with E-state index in [0.29, 0.717) is 31.1 Å². The fraction of sp³-hybridized carbons (Fsp3) is 0.619. The molecule has 28 heavy (non-hydrogen) atoms. The molecule has 1 aromatic carbocycles. The van der Waals surface area contributed by atoms with Crippen LogP contribution in [0.4, 0.5) is 5.69 Å².